The molecule has 2 heterocycles. The number of benzene rings is 1. The fraction of sp³-hybridized carbons (Fsp3) is 0.188. The summed E-state index contributed by atoms with van der Waals surface area (Å²) in [6, 6.07) is 12.3. The molecule has 5 heteroatoms. The van der Waals surface area contributed by atoms with Crippen LogP contribution in [0, 0.1) is 0 Å². The molecule has 1 aliphatic heterocycles. The second-order valence-electron chi connectivity index (χ2n) is 4.69. The molecule has 1 aromatic heterocycles. The first kappa shape index (κ1) is 14.2. The van der Waals surface area contributed by atoms with E-state index in [1.54, 1.807) is 11.3 Å². The van der Waals surface area contributed by atoms with Gasteiger partial charge in [-0.2, -0.15) is 0 Å². The monoisotopic (exact) mass is 316 g/mol. The molecule has 1 amide bonds. The van der Waals surface area contributed by atoms with Gasteiger partial charge in [-0.1, -0.05) is 36.9 Å². The van der Waals surface area contributed by atoms with E-state index in [0.717, 1.165) is 21.9 Å². The van der Waals surface area contributed by atoms with Crippen molar-refractivity contribution in [3.8, 4) is 0 Å². The van der Waals surface area contributed by atoms with Crippen LogP contribution in [-0.4, -0.2) is 11.4 Å². The first-order valence-corrected chi connectivity index (χ1v) is 8.59. The summed E-state index contributed by atoms with van der Waals surface area (Å²) in [5, 5.41) is 8.28. The number of anilines is 1. The largest absolute Gasteiger partial charge is 0.357 e. The number of hydrogen-bond acceptors (Lipinski definition) is 4. The maximum absolute atomic E-state index is 12.0. The fourth-order valence-electron chi connectivity index (χ4n) is 2.06. The predicted octanol–water partition coefficient (Wildman–Crippen LogP) is 3.91. The molecule has 3 nitrogen and oxygen atoms in total. The molecular weight excluding hydrogens is 300 g/mol. The zero-order valence-corrected chi connectivity index (χ0v) is 13.3. The van der Waals surface area contributed by atoms with Crippen LogP contribution in [0.25, 0.3) is 6.08 Å². The Labute approximate surface area is 132 Å². The van der Waals surface area contributed by atoms with Gasteiger partial charge in [0.05, 0.1) is 4.91 Å². The molecular formula is C16H16N2OS2. The minimum Gasteiger partial charge on any atom is -0.357 e. The first-order chi connectivity index (χ1) is 10.2. The van der Waals surface area contributed by atoms with Crippen LogP contribution in [0.3, 0.4) is 0 Å². The van der Waals surface area contributed by atoms with Crippen molar-refractivity contribution < 1.29 is 4.79 Å². The van der Waals surface area contributed by atoms with E-state index in [1.165, 1.54) is 17.3 Å². The van der Waals surface area contributed by atoms with Crippen molar-refractivity contribution in [1.82, 2.24) is 5.32 Å². The number of aryl methyl sites for hydroxylation is 1. The third-order valence-corrected chi connectivity index (χ3v) is 5.06. The van der Waals surface area contributed by atoms with Crippen molar-refractivity contribution in [3.63, 3.8) is 0 Å². The molecule has 1 aromatic carbocycles. The molecule has 0 spiro atoms. The molecule has 108 valence electrons. The van der Waals surface area contributed by atoms with E-state index in [4.69, 9.17) is 0 Å². The van der Waals surface area contributed by atoms with Gasteiger partial charge >= 0.3 is 0 Å². The summed E-state index contributed by atoms with van der Waals surface area (Å²) in [5.41, 5.74) is 2.21. The molecule has 1 fully saturated rings. The molecule has 2 N–H and O–H groups in total. The lowest BCUT2D eigenvalue weighted by Crippen LogP contribution is -2.30. The Bertz CT molecular complexity index is 647. The Morgan fingerprint density at radius 3 is 2.76 bits per heavy atom. The number of carbonyl (C=O) groups is 1. The van der Waals surface area contributed by atoms with Gasteiger partial charge in [-0.3, -0.25) is 4.79 Å². The van der Waals surface area contributed by atoms with E-state index >= 15 is 0 Å². The Kier molecular flexibility index (Phi) is 4.31. The average Bonchev–Trinajstić information content (AvgIpc) is 3.11. The number of thioether (sulfide) groups is 1. The van der Waals surface area contributed by atoms with E-state index in [0.29, 0.717) is 0 Å². The van der Waals surface area contributed by atoms with Crippen molar-refractivity contribution >= 4 is 40.8 Å². The van der Waals surface area contributed by atoms with Gasteiger partial charge in [0.1, 0.15) is 0 Å². The number of nitrogens with one attached hydrogen (secondary N) is 2. The van der Waals surface area contributed by atoms with Crippen LogP contribution in [0.1, 0.15) is 17.4 Å². The quantitative estimate of drug-likeness (QED) is 0.840. The summed E-state index contributed by atoms with van der Waals surface area (Å²) < 4.78 is 0. The lowest BCUT2D eigenvalue weighted by atomic mass is 10.1. The molecule has 0 unspecified atom stereocenters. The number of carbonyl (C=O) groups excluding carboxylic acids is 1. The highest BCUT2D eigenvalue weighted by molar-refractivity contribution is 8.05. The van der Waals surface area contributed by atoms with Gasteiger partial charge in [-0.25, -0.2) is 0 Å². The highest BCUT2D eigenvalue weighted by Gasteiger charge is 2.27. The minimum absolute atomic E-state index is 0.0175. The smallest absolute Gasteiger partial charge is 0.260 e. The van der Waals surface area contributed by atoms with Gasteiger partial charge in [-0.05, 0) is 41.6 Å². The van der Waals surface area contributed by atoms with Crippen molar-refractivity contribution in [1.29, 1.82) is 0 Å². The van der Waals surface area contributed by atoms with Crippen molar-refractivity contribution in [2.75, 3.05) is 5.32 Å². The Hall–Kier alpha value is -1.72. The second kappa shape index (κ2) is 6.37. The summed E-state index contributed by atoms with van der Waals surface area (Å²) in [5.74, 6) is -0.0175. The lowest BCUT2D eigenvalue weighted by molar-refractivity contribution is -0.116. The number of amides is 1. The summed E-state index contributed by atoms with van der Waals surface area (Å²) in [6.45, 7) is 2.14. The molecule has 0 aliphatic carbocycles. The van der Waals surface area contributed by atoms with E-state index in [-0.39, 0.29) is 11.4 Å². The lowest BCUT2D eigenvalue weighted by Gasteiger charge is -2.12. The molecule has 1 atom stereocenters. The summed E-state index contributed by atoms with van der Waals surface area (Å²) in [4.78, 5) is 13.8. The van der Waals surface area contributed by atoms with Gasteiger partial charge in [0.15, 0.2) is 5.50 Å². The molecule has 2 aromatic rings. The fourth-order valence-corrected chi connectivity index (χ4v) is 3.76. The van der Waals surface area contributed by atoms with Crippen LogP contribution >= 0.6 is 23.1 Å². The van der Waals surface area contributed by atoms with E-state index in [1.807, 2.05) is 35.7 Å². The molecule has 0 bridgehead atoms. The van der Waals surface area contributed by atoms with Gasteiger partial charge in [0.25, 0.3) is 5.91 Å². The molecule has 1 saturated heterocycles. The zero-order valence-electron chi connectivity index (χ0n) is 11.6. The van der Waals surface area contributed by atoms with Crippen LogP contribution in [0.2, 0.25) is 0 Å². The molecule has 3 rings (SSSR count). The second-order valence-corrected chi connectivity index (χ2v) is 6.82. The SMILES string of the molecule is CCc1ccc(N[C@H]2NC(=O)/C(=C/c3cccs3)S2)cc1. The average molecular weight is 316 g/mol. The van der Waals surface area contributed by atoms with Crippen molar-refractivity contribution in [2.45, 2.75) is 18.8 Å². The maximum atomic E-state index is 12.0. The predicted molar refractivity (Wildman–Crippen MR) is 91.3 cm³/mol. The van der Waals surface area contributed by atoms with E-state index in [2.05, 4.69) is 29.7 Å². The molecule has 0 saturated carbocycles. The molecule has 0 radical (unpaired) electrons. The zero-order chi connectivity index (χ0) is 14.7. The standard InChI is InChI=1S/C16H16N2OS2/c1-2-11-5-7-12(8-6-11)17-16-18-15(19)14(21-16)10-13-4-3-9-20-13/h3-10,16-17H,2H2,1H3,(H,18,19)/b14-10-/t16-/m0/s1. The Morgan fingerprint density at radius 2 is 2.10 bits per heavy atom. The van der Waals surface area contributed by atoms with Crippen LogP contribution in [-0.2, 0) is 11.2 Å². The third-order valence-electron chi connectivity index (χ3n) is 3.21. The number of thiophene rings is 1. The summed E-state index contributed by atoms with van der Waals surface area (Å²) >= 11 is 3.15. The highest BCUT2D eigenvalue weighted by Crippen LogP contribution is 2.31. The molecule has 21 heavy (non-hydrogen) atoms. The summed E-state index contributed by atoms with van der Waals surface area (Å²) in [7, 11) is 0. The third kappa shape index (κ3) is 3.49. The highest BCUT2D eigenvalue weighted by atomic mass is 32.2. The normalized spacial score (nSPS) is 19.8. The van der Waals surface area contributed by atoms with Crippen molar-refractivity contribution in [2.24, 2.45) is 0 Å². The van der Waals surface area contributed by atoms with E-state index in [9.17, 15) is 4.79 Å². The van der Waals surface area contributed by atoms with Gasteiger partial charge in [-0.15, -0.1) is 11.3 Å². The summed E-state index contributed by atoms with van der Waals surface area (Å²) in [6.07, 6.45) is 2.97. The van der Waals surface area contributed by atoms with Crippen molar-refractivity contribution in [3.05, 3.63) is 57.1 Å². The van der Waals surface area contributed by atoms with Crippen LogP contribution in [0.4, 0.5) is 5.69 Å². The first-order valence-electron chi connectivity index (χ1n) is 6.83. The Balaban J connectivity index is 1.67. The number of rotatable bonds is 4. The number of hydrogen-bond donors (Lipinski definition) is 2. The van der Waals surface area contributed by atoms with Gasteiger partial charge in [0.2, 0.25) is 0 Å². The minimum atomic E-state index is -0.115. The topological polar surface area (TPSA) is 41.1 Å². The van der Waals surface area contributed by atoms with Crippen LogP contribution in [0.15, 0.2) is 46.7 Å². The molecule has 1 aliphatic rings. The van der Waals surface area contributed by atoms with Crippen LogP contribution in [0.5, 0.6) is 0 Å². The maximum Gasteiger partial charge on any atom is 0.260 e. The van der Waals surface area contributed by atoms with Gasteiger partial charge < -0.3 is 10.6 Å². The van der Waals surface area contributed by atoms with Gasteiger partial charge in [0, 0.05) is 10.6 Å². The van der Waals surface area contributed by atoms with Crippen LogP contribution < -0.4 is 10.6 Å². The van der Waals surface area contributed by atoms with E-state index < -0.39 is 0 Å². The Morgan fingerprint density at radius 1 is 1.29 bits per heavy atom.